The van der Waals surface area contributed by atoms with Crippen molar-refractivity contribution < 1.29 is 0 Å². The highest BCUT2D eigenvalue weighted by Gasteiger charge is 2.18. The molecule has 0 atom stereocenters. The van der Waals surface area contributed by atoms with E-state index in [4.69, 9.17) is 5.26 Å². The molecule has 0 spiro atoms. The first-order chi connectivity index (χ1) is 9.88. The number of hydrogen-bond acceptors (Lipinski definition) is 4. The summed E-state index contributed by atoms with van der Waals surface area (Å²) in [4.78, 5) is 28.8. The summed E-state index contributed by atoms with van der Waals surface area (Å²) in [5, 5.41) is 8.78. The van der Waals surface area contributed by atoms with Gasteiger partial charge in [0.05, 0.1) is 6.07 Å². The van der Waals surface area contributed by atoms with E-state index in [9.17, 15) is 9.59 Å². The van der Waals surface area contributed by atoms with E-state index in [-0.39, 0.29) is 6.54 Å². The number of rotatable bonds is 3. The molecule has 0 aliphatic rings. The topological polar surface area (TPSA) is 85.6 Å². The number of halogens is 1. The molecule has 0 amide bonds. The zero-order valence-corrected chi connectivity index (χ0v) is 13.5. The van der Waals surface area contributed by atoms with Crippen molar-refractivity contribution in [1.82, 2.24) is 18.7 Å². The zero-order chi connectivity index (χ0) is 15.7. The van der Waals surface area contributed by atoms with Crippen molar-refractivity contribution >= 4 is 27.1 Å². The molecule has 0 saturated carbocycles. The summed E-state index contributed by atoms with van der Waals surface area (Å²) in [6, 6.07) is 1.83. The maximum Gasteiger partial charge on any atom is 0.333 e. The van der Waals surface area contributed by atoms with Crippen LogP contribution < -0.4 is 11.2 Å². The van der Waals surface area contributed by atoms with Crippen LogP contribution >= 0.6 is 15.9 Å². The lowest BCUT2D eigenvalue weighted by molar-refractivity contribution is 0.668. The number of nitriles is 1. The van der Waals surface area contributed by atoms with Crippen LogP contribution in [0.15, 0.2) is 26.0 Å². The van der Waals surface area contributed by atoms with Gasteiger partial charge in [0.1, 0.15) is 6.54 Å². The van der Waals surface area contributed by atoms with Gasteiger partial charge in [-0.3, -0.25) is 9.36 Å². The molecule has 2 aromatic rings. The van der Waals surface area contributed by atoms with Crippen LogP contribution in [-0.4, -0.2) is 18.7 Å². The second-order valence-corrected chi connectivity index (χ2v) is 5.55. The highest BCUT2D eigenvalue weighted by atomic mass is 79.9. The molecular weight excluding hydrogens is 338 g/mol. The van der Waals surface area contributed by atoms with E-state index in [0.717, 1.165) is 10.1 Å². The van der Waals surface area contributed by atoms with Gasteiger partial charge in [-0.05, 0) is 29.8 Å². The molecule has 7 nitrogen and oxygen atoms in total. The van der Waals surface area contributed by atoms with Gasteiger partial charge in [-0.15, -0.1) is 0 Å². The number of aromatic nitrogens is 4. The lowest BCUT2D eigenvalue weighted by atomic mass is 10.3. The summed E-state index contributed by atoms with van der Waals surface area (Å²) in [6.07, 6.45) is 1.95. The summed E-state index contributed by atoms with van der Waals surface area (Å²) >= 11 is 3.31. The standard InChI is InChI=1S/C13H14BrN5O2/c1-8(2)4-6-18-9-10(16-12(18)14)17(3)13(21)19(7-5-15)11(9)20/h4H,6-7H2,1-3H3. The van der Waals surface area contributed by atoms with E-state index < -0.39 is 11.2 Å². The van der Waals surface area contributed by atoms with Crippen molar-refractivity contribution in [3.05, 3.63) is 37.2 Å². The summed E-state index contributed by atoms with van der Waals surface area (Å²) in [6.45, 7) is 4.08. The minimum Gasteiger partial charge on any atom is -0.309 e. The van der Waals surface area contributed by atoms with Gasteiger partial charge >= 0.3 is 5.69 Å². The molecule has 0 radical (unpaired) electrons. The van der Waals surface area contributed by atoms with Crippen LogP contribution in [0.1, 0.15) is 13.8 Å². The number of aryl methyl sites for hydroxylation is 1. The number of fused-ring (bicyclic) bond motifs is 1. The first-order valence-corrected chi connectivity index (χ1v) is 7.03. The lowest BCUT2D eigenvalue weighted by Gasteiger charge is -2.06. The molecule has 2 aromatic heterocycles. The summed E-state index contributed by atoms with van der Waals surface area (Å²) in [7, 11) is 1.53. The van der Waals surface area contributed by atoms with Crippen LogP contribution in [-0.2, 0) is 20.1 Å². The van der Waals surface area contributed by atoms with Crippen LogP contribution in [0.3, 0.4) is 0 Å². The molecule has 0 aromatic carbocycles. The van der Waals surface area contributed by atoms with E-state index in [0.29, 0.717) is 22.4 Å². The van der Waals surface area contributed by atoms with Gasteiger partial charge < -0.3 is 4.57 Å². The molecule has 0 aliphatic heterocycles. The van der Waals surface area contributed by atoms with Gasteiger partial charge in [-0.2, -0.15) is 5.26 Å². The second kappa shape index (κ2) is 5.69. The Morgan fingerprint density at radius 1 is 1.38 bits per heavy atom. The Kier molecular flexibility index (Phi) is 4.14. The summed E-state index contributed by atoms with van der Waals surface area (Å²) in [5.41, 5.74) is 0.652. The van der Waals surface area contributed by atoms with Crippen molar-refractivity contribution in [3.8, 4) is 6.07 Å². The molecule has 0 N–H and O–H groups in total. The normalized spacial score (nSPS) is 10.6. The lowest BCUT2D eigenvalue weighted by Crippen LogP contribution is -2.39. The fourth-order valence-corrected chi connectivity index (χ4v) is 2.49. The number of imidazole rings is 1. The van der Waals surface area contributed by atoms with Gasteiger partial charge in [0.2, 0.25) is 0 Å². The molecule has 8 heteroatoms. The highest BCUT2D eigenvalue weighted by molar-refractivity contribution is 9.10. The van der Waals surface area contributed by atoms with Gasteiger partial charge in [0.15, 0.2) is 15.9 Å². The predicted molar refractivity (Wildman–Crippen MR) is 82.0 cm³/mol. The van der Waals surface area contributed by atoms with E-state index in [1.165, 1.54) is 11.6 Å². The Morgan fingerprint density at radius 2 is 2.05 bits per heavy atom. The van der Waals surface area contributed by atoms with Crippen LogP contribution in [0.4, 0.5) is 0 Å². The van der Waals surface area contributed by atoms with E-state index in [2.05, 4.69) is 20.9 Å². The third-order valence-corrected chi connectivity index (χ3v) is 3.70. The fourth-order valence-electron chi connectivity index (χ4n) is 2.00. The quantitative estimate of drug-likeness (QED) is 0.613. The third-order valence-electron chi connectivity index (χ3n) is 3.10. The molecule has 0 saturated heterocycles. The number of allylic oxidation sites excluding steroid dienone is 2. The van der Waals surface area contributed by atoms with Crippen LogP contribution in [0.2, 0.25) is 0 Å². The number of nitrogens with zero attached hydrogens (tertiary/aromatic N) is 5. The smallest absolute Gasteiger partial charge is 0.309 e. The Hall–Kier alpha value is -2.14. The van der Waals surface area contributed by atoms with Gasteiger partial charge in [0, 0.05) is 13.6 Å². The van der Waals surface area contributed by atoms with Crippen LogP contribution in [0.25, 0.3) is 11.2 Å². The largest absolute Gasteiger partial charge is 0.333 e. The van der Waals surface area contributed by atoms with Crippen molar-refractivity contribution in [2.45, 2.75) is 26.9 Å². The van der Waals surface area contributed by atoms with Gasteiger partial charge in [-0.25, -0.2) is 14.3 Å². The summed E-state index contributed by atoms with van der Waals surface area (Å²) < 4.78 is 4.34. The monoisotopic (exact) mass is 351 g/mol. The van der Waals surface area contributed by atoms with Crippen molar-refractivity contribution in [3.63, 3.8) is 0 Å². The predicted octanol–water partition coefficient (Wildman–Crippen LogP) is 1.15. The molecular formula is C13H14BrN5O2. The van der Waals surface area contributed by atoms with Crippen molar-refractivity contribution in [1.29, 1.82) is 5.26 Å². The van der Waals surface area contributed by atoms with Crippen LogP contribution in [0, 0.1) is 11.3 Å². The Balaban J connectivity index is 2.88. The second-order valence-electron chi connectivity index (χ2n) is 4.84. The average Bonchev–Trinajstić information content (AvgIpc) is 2.76. The molecule has 0 bridgehead atoms. The SMILES string of the molecule is CC(C)=CCn1c(Br)nc2c1c(=O)n(CC#N)c(=O)n2C. The van der Waals surface area contributed by atoms with E-state index >= 15 is 0 Å². The molecule has 2 heterocycles. The maximum absolute atomic E-state index is 12.5. The van der Waals surface area contributed by atoms with Crippen molar-refractivity contribution in [2.75, 3.05) is 0 Å². The maximum atomic E-state index is 12.5. The molecule has 2 rings (SSSR count). The Bertz CT molecular complexity index is 890. The molecule has 110 valence electrons. The fraction of sp³-hybridized carbons (Fsp3) is 0.385. The first kappa shape index (κ1) is 15.3. The minimum absolute atomic E-state index is 0.285. The average molecular weight is 352 g/mol. The Labute approximate surface area is 128 Å². The van der Waals surface area contributed by atoms with E-state index in [1.807, 2.05) is 26.0 Å². The molecule has 21 heavy (non-hydrogen) atoms. The molecule has 0 fully saturated rings. The minimum atomic E-state index is -0.548. The first-order valence-electron chi connectivity index (χ1n) is 6.24. The molecule has 0 aliphatic carbocycles. The highest BCUT2D eigenvalue weighted by Crippen LogP contribution is 2.16. The van der Waals surface area contributed by atoms with Crippen LogP contribution in [0.5, 0.6) is 0 Å². The number of hydrogen-bond donors (Lipinski definition) is 0. The third kappa shape index (κ3) is 2.56. The zero-order valence-electron chi connectivity index (χ0n) is 11.9. The molecule has 0 unspecified atom stereocenters. The Morgan fingerprint density at radius 3 is 2.62 bits per heavy atom. The van der Waals surface area contributed by atoms with Gasteiger partial charge in [0.25, 0.3) is 5.56 Å². The van der Waals surface area contributed by atoms with Crippen molar-refractivity contribution in [2.24, 2.45) is 7.05 Å². The summed E-state index contributed by atoms with van der Waals surface area (Å²) in [5.74, 6) is 0. The van der Waals surface area contributed by atoms with E-state index in [1.54, 1.807) is 4.57 Å². The van der Waals surface area contributed by atoms with Gasteiger partial charge in [-0.1, -0.05) is 11.6 Å².